The van der Waals surface area contributed by atoms with Gasteiger partial charge in [0.1, 0.15) is 0 Å². The van der Waals surface area contributed by atoms with Gasteiger partial charge in [0, 0.05) is 10.4 Å². The standard InChI is InChI=1S/C12H14BrClO2/c1-2-16-12(15)11-8-10(14)6-5-9(11)4-3-7-13/h5-6,8H,2-4,7H2,1H3. The number of esters is 1. The molecule has 4 heteroatoms. The Hall–Kier alpha value is -0.540. The van der Waals surface area contributed by atoms with E-state index in [9.17, 15) is 4.79 Å². The molecular weight excluding hydrogens is 291 g/mol. The van der Waals surface area contributed by atoms with Crippen LogP contribution < -0.4 is 0 Å². The summed E-state index contributed by atoms with van der Waals surface area (Å²) >= 11 is 9.25. The molecule has 0 unspecified atom stereocenters. The van der Waals surface area contributed by atoms with E-state index >= 15 is 0 Å². The van der Waals surface area contributed by atoms with Gasteiger partial charge in [-0.15, -0.1) is 0 Å². The van der Waals surface area contributed by atoms with Crippen molar-refractivity contribution in [3.63, 3.8) is 0 Å². The predicted molar refractivity (Wildman–Crippen MR) is 69.5 cm³/mol. The van der Waals surface area contributed by atoms with Crippen molar-refractivity contribution >= 4 is 33.5 Å². The Morgan fingerprint density at radius 3 is 2.88 bits per heavy atom. The normalized spacial score (nSPS) is 10.2. The molecule has 16 heavy (non-hydrogen) atoms. The van der Waals surface area contributed by atoms with E-state index in [4.69, 9.17) is 16.3 Å². The van der Waals surface area contributed by atoms with Crippen molar-refractivity contribution in [3.8, 4) is 0 Å². The maximum absolute atomic E-state index is 11.7. The maximum atomic E-state index is 11.7. The highest BCUT2D eigenvalue weighted by atomic mass is 79.9. The Morgan fingerprint density at radius 1 is 1.50 bits per heavy atom. The van der Waals surface area contributed by atoms with Gasteiger partial charge in [0.25, 0.3) is 0 Å². The zero-order chi connectivity index (χ0) is 12.0. The fourth-order valence-electron chi connectivity index (χ4n) is 1.42. The molecule has 0 aromatic heterocycles. The van der Waals surface area contributed by atoms with E-state index < -0.39 is 0 Å². The summed E-state index contributed by atoms with van der Waals surface area (Å²) in [5.41, 5.74) is 1.57. The van der Waals surface area contributed by atoms with Crippen LogP contribution >= 0.6 is 27.5 Å². The first kappa shape index (κ1) is 13.5. The Morgan fingerprint density at radius 2 is 2.25 bits per heavy atom. The van der Waals surface area contributed by atoms with Crippen LogP contribution in [0, 0.1) is 0 Å². The molecule has 1 rings (SSSR count). The molecule has 0 bridgehead atoms. The minimum atomic E-state index is -0.297. The minimum Gasteiger partial charge on any atom is -0.462 e. The lowest BCUT2D eigenvalue weighted by Crippen LogP contribution is -2.08. The fourth-order valence-corrected chi connectivity index (χ4v) is 1.88. The topological polar surface area (TPSA) is 26.3 Å². The largest absolute Gasteiger partial charge is 0.462 e. The summed E-state index contributed by atoms with van der Waals surface area (Å²) in [5.74, 6) is -0.297. The lowest BCUT2D eigenvalue weighted by atomic mass is 10.0. The molecule has 0 amide bonds. The van der Waals surface area contributed by atoms with Gasteiger partial charge in [-0.1, -0.05) is 33.6 Å². The molecule has 0 heterocycles. The molecule has 0 saturated carbocycles. The van der Waals surface area contributed by atoms with E-state index in [2.05, 4.69) is 15.9 Å². The first-order valence-electron chi connectivity index (χ1n) is 5.20. The number of rotatable bonds is 5. The number of hydrogen-bond acceptors (Lipinski definition) is 2. The van der Waals surface area contributed by atoms with E-state index in [1.165, 1.54) is 0 Å². The monoisotopic (exact) mass is 304 g/mol. The number of alkyl halides is 1. The molecule has 0 fully saturated rings. The van der Waals surface area contributed by atoms with Crippen molar-refractivity contribution in [1.82, 2.24) is 0 Å². The van der Waals surface area contributed by atoms with Crippen LogP contribution in [0.2, 0.25) is 5.02 Å². The average molecular weight is 306 g/mol. The van der Waals surface area contributed by atoms with Gasteiger partial charge in [-0.3, -0.25) is 0 Å². The molecule has 88 valence electrons. The molecule has 0 N–H and O–H groups in total. The number of carbonyl (C=O) groups excluding carboxylic acids is 1. The predicted octanol–water partition coefficient (Wildman–Crippen LogP) is 3.84. The van der Waals surface area contributed by atoms with E-state index in [-0.39, 0.29) is 5.97 Å². The number of ether oxygens (including phenoxy) is 1. The molecule has 0 spiro atoms. The van der Waals surface area contributed by atoms with Crippen LogP contribution in [0.5, 0.6) is 0 Å². The highest BCUT2D eigenvalue weighted by molar-refractivity contribution is 9.09. The van der Waals surface area contributed by atoms with E-state index in [1.54, 1.807) is 19.1 Å². The molecular formula is C12H14BrClO2. The first-order valence-corrected chi connectivity index (χ1v) is 6.70. The Bertz CT molecular complexity index is 366. The fraction of sp³-hybridized carbons (Fsp3) is 0.417. The smallest absolute Gasteiger partial charge is 0.338 e. The summed E-state index contributed by atoms with van der Waals surface area (Å²) in [7, 11) is 0. The molecule has 0 radical (unpaired) electrons. The van der Waals surface area contributed by atoms with Gasteiger partial charge in [-0.2, -0.15) is 0 Å². The highest BCUT2D eigenvalue weighted by Crippen LogP contribution is 2.19. The van der Waals surface area contributed by atoms with Crippen molar-refractivity contribution in [2.75, 3.05) is 11.9 Å². The number of aryl methyl sites for hydroxylation is 1. The van der Waals surface area contributed by atoms with Crippen molar-refractivity contribution in [3.05, 3.63) is 34.3 Å². The minimum absolute atomic E-state index is 0.297. The van der Waals surface area contributed by atoms with Crippen molar-refractivity contribution in [2.45, 2.75) is 19.8 Å². The van der Waals surface area contributed by atoms with Gasteiger partial charge in [0.2, 0.25) is 0 Å². The molecule has 0 saturated heterocycles. The van der Waals surface area contributed by atoms with Gasteiger partial charge < -0.3 is 4.74 Å². The van der Waals surface area contributed by atoms with Crippen LogP contribution in [0.1, 0.15) is 29.3 Å². The van der Waals surface area contributed by atoms with E-state index in [0.717, 1.165) is 23.7 Å². The van der Waals surface area contributed by atoms with Crippen LogP contribution in [0.25, 0.3) is 0 Å². The molecule has 1 aromatic carbocycles. The van der Waals surface area contributed by atoms with E-state index in [0.29, 0.717) is 17.2 Å². The Kier molecular flexibility index (Phi) is 5.85. The zero-order valence-electron chi connectivity index (χ0n) is 9.13. The molecule has 0 aliphatic carbocycles. The zero-order valence-corrected chi connectivity index (χ0v) is 11.5. The van der Waals surface area contributed by atoms with E-state index in [1.807, 2.05) is 6.07 Å². The SMILES string of the molecule is CCOC(=O)c1cc(Cl)ccc1CCCBr. The van der Waals surface area contributed by atoms with Crippen LogP contribution in [0.4, 0.5) is 0 Å². The molecule has 1 aromatic rings. The van der Waals surface area contributed by atoms with Gasteiger partial charge in [0.15, 0.2) is 0 Å². The van der Waals surface area contributed by atoms with Gasteiger partial charge in [0.05, 0.1) is 12.2 Å². The van der Waals surface area contributed by atoms with Crippen molar-refractivity contribution < 1.29 is 9.53 Å². The molecule has 0 atom stereocenters. The molecule has 2 nitrogen and oxygen atoms in total. The highest BCUT2D eigenvalue weighted by Gasteiger charge is 2.12. The van der Waals surface area contributed by atoms with Gasteiger partial charge >= 0.3 is 5.97 Å². The summed E-state index contributed by atoms with van der Waals surface area (Å²) in [6.07, 6.45) is 1.82. The summed E-state index contributed by atoms with van der Waals surface area (Å²) in [6.45, 7) is 2.17. The third-order valence-corrected chi connectivity index (χ3v) is 2.94. The van der Waals surface area contributed by atoms with Crippen LogP contribution in [-0.4, -0.2) is 17.9 Å². The second-order valence-electron chi connectivity index (χ2n) is 3.31. The Balaban J connectivity index is 2.93. The molecule has 0 aliphatic heterocycles. The lowest BCUT2D eigenvalue weighted by Gasteiger charge is -2.08. The number of benzene rings is 1. The van der Waals surface area contributed by atoms with Crippen molar-refractivity contribution in [1.29, 1.82) is 0 Å². The van der Waals surface area contributed by atoms with Crippen LogP contribution in [0.3, 0.4) is 0 Å². The summed E-state index contributed by atoms with van der Waals surface area (Å²) in [6, 6.07) is 5.36. The lowest BCUT2D eigenvalue weighted by molar-refractivity contribution is 0.0525. The van der Waals surface area contributed by atoms with Crippen molar-refractivity contribution in [2.24, 2.45) is 0 Å². The summed E-state index contributed by atoms with van der Waals surface area (Å²) in [5, 5.41) is 1.48. The van der Waals surface area contributed by atoms with Crippen LogP contribution in [-0.2, 0) is 11.2 Å². The number of carbonyl (C=O) groups is 1. The summed E-state index contributed by atoms with van der Waals surface area (Å²) < 4.78 is 4.99. The van der Waals surface area contributed by atoms with Gasteiger partial charge in [-0.25, -0.2) is 4.79 Å². The second kappa shape index (κ2) is 6.92. The molecule has 0 aliphatic rings. The number of hydrogen-bond donors (Lipinski definition) is 0. The first-order chi connectivity index (χ1) is 7.69. The Labute approximate surface area is 109 Å². The maximum Gasteiger partial charge on any atom is 0.338 e. The quantitative estimate of drug-likeness (QED) is 0.610. The second-order valence-corrected chi connectivity index (χ2v) is 4.54. The average Bonchev–Trinajstić information content (AvgIpc) is 2.27. The third-order valence-electron chi connectivity index (χ3n) is 2.15. The van der Waals surface area contributed by atoms with Crippen LogP contribution in [0.15, 0.2) is 18.2 Å². The summed E-state index contributed by atoms with van der Waals surface area (Å²) in [4.78, 5) is 11.7. The third kappa shape index (κ3) is 3.80. The van der Waals surface area contributed by atoms with Gasteiger partial charge in [-0.05, 0) is 37.5 Å². The number of halogens is 2.